The first-order chi connectivity index (χ1) is 10.4. The van der Waals surface area contributed by atoms with Gasteiger partial charge < -0.3 is 4.90 Å². The van der Waals surface area contributed by atoms with E-state index in [1.165, 1.54) is 19.3 Å². The molecule has 1 aliphatic heterocycles. The van der Waals surface area contributed by atoms with Crippen LogP contribution < -0.4 is 4.90 Å². The first-order valence-electron chi connectivity index (χ1n) is 7.43. The highest BCUT2D eigenvalue weighted by Crippen LogP contribution is 2.20. The fourth-order valence-electron chi connectivity index (χ4n) is 2.84. The Kier molecular flexibility index (Phi) is 3.03. The molecular weight excluding hydrogens is 262 g/mol. The Hall–Kier alpha value is -2.43. The predicted molar refractivity (Wildman–Crippen MR) is 82.7 cm³/mol. The summed E-state index contributed by atoms with van der Waals surface area (Å²) in [7, 11) is 0. The summed E-state index contributed by atoms with van der Waals surface area (Å²) < 4.78 is 1.84. The van der Waals surface area contributed by atoms with Gasteiger partial charge in [0.25, 0.3) is 0 Å². The molecule has 0 aliphatic carbocycles. The fourth-order valence-corrected chi connectivity index (χ4v) is 2.84. The molecule has 1 fully saturated rings. The van der Waals surface area contributed by atoms with Crippen LogP contribution in [0.15, 0.2) is 42.7 Å². The molecule has 3 aromatic rings. The van der Waals surface area contributed by atoms with Crippen molar-refractivity contribution in [3.8, 4) is 5.69 Å². The van der Waals surface area contributed by atoms with E-state index < -0.39 is 0 Å². The van der Waals surface area contributed by atoms with E-state index in [0.717, 1.165) is 35.8 Å². The molecule has 1 aliphatic rings. The van der Waals surface area contributed by atoms with Crippen molar-refractivity contribution in [1.82, 2.24) is 19.7 Å². The summed E-state index contributed by atoms with van der Waals surface area (Å²) in [5.74, 6) is 0.967. The molecule has 0 saturated carbocycles. The van der Waals surface area contributed by atoms with Gasteiger partial charge in [-0.25, -0.2) is 14.6 Å². The molecule has 0 spiro atoms. The second kappa shape index (κ2) is 5.16. The molecule has 0 N–H and O–H groups in total. The van der Waals surface area contributed by atoms with Crippen LogP contribution in [0.5, 0.6) is 0 Å². The molecule has 0 atom stereocenters. The lowest BCUT2D eigenvalue weighted by Crippen LogP contribution is -2.30. The molecule has 106 valence electrons. The molecule has 0 amide bonds. The van der Waals surface area contributed by atoms with Crippen molar-refractivity contribution in [2.45, 2.75) is 19.3 Å². The van der Waals surface area contributed by atoms with Gasteiger partial charge in [0, 0.05) is 13.1 Å². The molecule has 3 heterocycles. The fraction of sp³-hybridized carbons (Fsp3) is 0.312. The van der Waals surface area contributed by atoms with Crippen molar-refractivity contribution >= 4 is 17.0 Å². The maximum absolute atomic E-state index is 4.73. The van der Waals surface area contributed by atoms with Crippen molar-refractivity contribution in [2.24, 2.45) is 0 Å². The van der Waals surface area contributed by atoms with Crippen LogP contribution in [0.2, 0.25) is 0 Å². The van der Waals surface area contributed by atoms with Crippen LogP contribution in [0, 0.1) is 0 Å². The molecule has 0 bridgehead atoms. The Morgan fingerprint density at radius 1 is 0.905 bits per heavy atom. The minimum absolute atomic E-state index is 0.807. The lowest BCUT2D eigenvalue weighted by molar-refractivity contribution is 0.573. The molecule has 5 heteroatoms. The first kappa shape index (κ1) is 12.3. The number of fused-ring (bicyclic) bond motifs is 1. The second-order valence-electron chi connectivity index (χ2n) is 5.38. The third kappa shape index (κ3) is 2.24. The third-order valence-electron chi connectivity index (χ3n) is 3.94. The quantitative estimate of drug-likeness (QED) is 0.723. The van der Waals surface area contributed by atoms with Gasteiger partial charge in [0.05, 0.1) is 18.1 Å². The number of hydrogen-bond acceptors (Lipinski definition) is 4. The molecule has 0 radical (unpaired) electrons. The van der Waals surface area contributed by atoms with Crippen molar-refractivity contribution in [3.63, 3.8) is 0 Å². The summed E-state index contributed by atoms with van der Waals surface area (Å²) in [5.41, 5.74) is 2.66. The van der Waals surface area contributed by atoms with Gasteiger partial charge in [-0.05, 0) is 31.4 Å². The van der Waals surface area contributed by atoms with Crippen LogP contribution in [0.4, 0.5) is 5.82 Å². The number of anilines is 1. The molecule has 0 unspecified atom stereocenters. The molecule has 4 rings (SSSR count). The number of aromatic nitrogens is 4. The van der Waals surface area contributed by atoms with Crippen molar-refractivity contribution in [3.05, 3.63) is 42.7 Å². The number of piperidine rings is 1. The average Bonchev–Trinajstić information content (AvgIpc) is 2.99. The standard InChI is InChI=1S/C16H17N5/c1-3-7-13(8-4-1)21-16-14(11-18-21)19-15(12-17-16)20-9-5-2-6-10-20/h1,3-4,7-8,11-12H,2,5-6,9-10H2. The van der Waals surface area contributed by atoms with Gasteiger partial charge in [-0.1, -0.05) is 18.2 Å². The lowest BCUT2D eigenvalue weighted by Gasteiger charge is -2.27. The van der Waals surface area contributed by atoms with Gasteiger partial charge >= 0.3 is 0 Å². The van der Waals surface area contributed by atoms with E-state index in [0.29, 0.717) is 0 Å². The summed E-state index contributed by atoms with van der Waals surface area (Å²) >= 11 is 0. The summed E-state index contributed by atoms with van der Waals surface area (Å²) in [4.78, 5) is 11.6. The van der Waals surface area contributed by atoms with E-state index in [1.54, 1.807) is 6.20 Å². The highest BCUT2D eigenvalue weighted by atomic mass is 15.3. The Bertz CT molecular complexity index is 744. The predicted octanol–water partition coefficient (Wildman–Crippen LogP) is 2.81. The Labute approximate surface area is 123 Å². The van der Waals surface area contributed by atoms with Crippen LogP contribution in [0.25, 0.3) is 16.9 Å². The molecule has 5 nitrogen and oxygen atoms in total. The maximum Gasteiger partial charge on any atom is 0.181 e. The van der Waals surface area contributed by atoms with E-state index in [2.05, 4.69) is 15.0 Å². The minimum atomic E-state index is 0.807. The number of para-hydroxylation sites is 1. The van der Waals surface area contributed by atoms with Gasteiger partial charge in [-0.15, -0.1) is 0 Å². The Morgan fingerprint density at radius 2 is 1.71 bits per heavy atom. The highest BCUT2D eigenvalue weighted by molar-refractivity contribution is 5.73. The van der Waals surface area contributed by atoms with Gasteiger partial charge in [-0.3, -0.25) is 0 Å². The summed E-state index contributed by atoms with van der Waals surface area (Å²) in [6.07, 6.45) is 7.46. The zero-order chi connectivity index (χ0) is 14.1. The highest BCUT2D eigenvalue weighted by Gasteiger charge is 2.14. The molecule has 21 heavy (non-hydrogen) atoms. The van der Waals surface area contributed by atoms with Crippen LogP contribution in [-0.4, -0.2) is 32.8 Å². The van der Waals surface area contributed by atoms with Crippen LogP contribution in [0.3, 0.4) is 0 Å². The molecule has 2 aromatic heterocycles. The van der Waals surface area contributed by atoms with Crippen LogP contribution in [0.1, 0.15) is 19.3 Å². The molecular formula is C16H17N5. The van der Waals surface area contributed by atoms with E-state index in [-0.39, 0.29) is 0 Å². The summed E-state index contributed by atoms with van der Waals surface area (Å²) in [6.45, 7) is 2.15. The SMILES string of the molecule is c1ccc(-n2ncc3nc(N4CCCCC4)cnc32)cc1. The van der Waals surface area contributed by atoms with E-state index in [4.69, 9.17) is 4.98 Å². The van der Waals surface area contributed by atoms with Crippen molar-refractivity contribution in [2.75, 3.05) is 18.0 Å². The normalized spacial score (nSPS) is 15.5. The number of rotatable bonds is 2. The van der Waals surface area contributed by atoms with Gasteiger partial charge in [0.15, 0.2) is 5.65 Å². The zero-order valence-corrected chi connectivity index (χ0v) is 11.8. The Morgan fingerprint density at radius 3 is 2.52 bits per heavy atom. The number of benzene rings is 1. The third-order valence-corrected chi connectivity index (χ3v) is 3.94. The van der Waals surface area contributed by atoms with Gasteiger partial charge in [0.1, 0.15) is 11.3 Å². The number of nitrogens with zero attached hydrogens (tertiary/aromatic N) is 5. The summed E-state index contributed by atoms with van der Waals surface area (Å²) in [5, 5.41) is 4.42. The van der Waals surface area contributed by atoms with Gasteiger partial charge in [-0.2, -0.15) is 5.10 Å². The monoisotopic (exact) mass is 279 g/mol. The zero-order valence-electron chi connectivity index (χ0n) is 11.8. The maximum atomic E-state index is 4.73. The average molecular weight is 279 g/mol. The van der Waals surface area contributed by atoms with E-state index >= 15 is 0 Å². The first-order valence-corrected chi connectivity index (χ1v) is 7.43. The van der Waals surface area contributed by atoms with Crippen molar-refractivity contribution < 1.29 is 0 Å². The van der Waals surface area contributed by atoms with Crippen LogP contribution >= 0.6 is 0 Å². The second-order valence-corrected chi connectivity index (χ2v) is 5.38. The van der Waals surface area contributed by atoms with E-state index in [1.807, 2.05) is 41.2 Å². The van der Waals surface area contributed by atoms with E-state index in [9.17, 15) is 0 Å². The summed E-state index contributed by atoms with van der Waals surface area (Å²) in [6, 6.07) is 10.0. The topological polar surface area (TPSA) is 46.8 Å². The number of hydrogen-bond donors (Lipinski definition) is 0. The van der Waals surface area contributed by atoms with Crippen LogP contribution in [-0.2, 0) is 0 Å². The smallest absolute Gasteiger partial charge is 0.181 e. The van der Waals surface area contributed by atoms with Crippen molar-refractivity contribution in [1.29, 1.82) is 0 Å². The molecule has 1 saturated heterocycles. The lowest BCUT2D eigenvalue weighted by atomic mass is 10.1. The van der Waals surface area contributed by atoms with Gasteiger partial charge in [0.2, 0.25) is 0 Å². The minimum Gasteiger partial charge on any atom is -0.355 e. The molecule has 1 aromatic carbocycles. The largest absolute Gasteiger partial charge is 0.355 e. The Balaban J connectivity index is 1.74.